The van der Waals surface area contributed by atoms with Gasteiger partial charge in [-0.05, 0) is 26.2 Å². The summed E-state index contributed by atoms with van der Waals surface area (Å²) in [5.41, 5.74) is 0.277. The minimum absolute atomic E-state index is 0.137. The second-order valence-corrected chi connectivity index (χ2v) is 8.22. The summed E-state index contributed by atoms with van der Waals surface area (Å²) >= 11 is 0. The van der Waals surface area contributed by atoms with Crippen LogP contribution in [-0.2, 0) is 9.53 Å². The van der Waals surface area contributed by atoms with Crippen LogP contribution in [-0.4, -0.2) is 73.3 Å². The minimum atomic E-state index is 0.137. The van der Waals surface area contributed by atoms with Gasteiger partial charge < -0.3 is 19.4 Å². The van der Waals surface area contributed by atoms with Crippen LogP contribution in [0.15, 0.2) is 12.4 Å². The first-order valence-electron chi connectivity index (χ1n) is 10.2. The number of amides is 1. The summed E-state index contributed by atoms with van der Waals surface area (Å²) in [6, 6.07) is 2.50. The fraction of sp³-hybridized carbons (Fsp3) is 0.750. The number of nitrogens with zero attached hydrogens (tertiary/aromatic N) is 5. The van der Waals surface area contributed by atoms with Gasteiger partial charge in [-0.2, -0.15) is 0 Å². The normalized spacial score (nSPS) is 27.1. The van der Waals surface area contributed by atoms with E-state index in [-0.39, 0.29) is 11.3 Å². The highest BCUT2D eigenvalue weighted by molar-refractivity contribution is 5.82. The highest BCUT2D eigenvalue weighted by atomic mass is 16.5. The van der Waals surface area contributed by atoms with Gasteiger partial charge in [-0.25, -0.2) is 9.97 Å². The van der Waals surface area contributed by atoms with Crippen LogP contribution in [0.3, 0.4) is 0 Å². The molecule has 3 fully saturated rings. The molecule has 1 amide bonds. The second kappa shape index (κ2) is 7.26. The fourth-order valence-electron chi connectivity index (χ4n) is 5.21. The number of carbonyl (C=O) groups excluding carboxylic acids is 1. The quantitative estimate of drug-likeness (QED) is 0.786. The predicted octanol–water partition coefficient (Wildman–Crippen LogP) is 1.93. The lowest BCUT2D eigenvalue weighted by atomic mass is 9.60. The Labute approximate surface area is 161 Å². The molecule has 1 saturated heterocycles. The van der Waals surface area contributed by atoms with Crippen LogP contribution in [0.5, 0.6) is 0 Å². The largest absolute Gasteiger partial charge is 0.378 e. The zero-order chi connectivity index (χ0) is 19.0. The van der Waals surface area contributed by atoms with E-state index in [1.54, 1.807) is 11.2 Å². The van der Waals surface area contributed by atoms with Crippen LogP contribution < -0.4 is 9.80 Å². The van der Waals surface area contributed by atoms with E-state index >= 15 is 0 Å². The number of rotatable bonds is 5. The molecule has 2 saturated carbocycles. The Kier molecular flexibility index (Phi) is 4.97. The third kappa shape index (κ3) is 3.16. The van der Waals surface area contributed by atoms with Crippen molar-refractivity contribution in [1.29, 1.82) is 0 Å². The molecule has 4 rings (SSSR count). The first-order valence-corrected chi connectivity index (χ1v) is 10.2. The van der Waals surface area contributed by atoms with Gasteiger partial charge >= 0.3 is 0 Å². The maximum absolute atomic E-state index is 12.0. The topological polar surface area (TPSA) is 61.8 Å². The lowest BCUT2D eigenvalue weighted by Crippen LogP contribution is -2.63. The van der Waals surface area contributed by atoms with E-state index in [2.05, 4.69) is 33.7 Å². The molecule has 2 atom stereocenters. The summed E-state index contributed by atoms with van der Waals surface area (Å²) in [7, 11) is 4.00. The molecule has 148 valence electrons. The van der Waals surface area contributed by atoms with Crippen molar-refractivity contribution in [2.24, 2.45) is 5.41 Å². The zero-order valence-electron chi connectivity index (χ0n) is 16.7. The predicted molar refractivity (Wildman–Crippen MR) is 105 cm³/mol. The maximum atomic E-state index is 12.0. The number of piperazine rings is 1. The van der Waals surface area contributed by atoms with E-state index in [0.717, 1.165) is 37.8 Å². The Hall–Kier alpha value is -1.89. The van der Waals surface area contributed by atoms with Gasteiger partial charge in [0.15, 0.2) is 0 Å². The van der Waals surface area contributed by atoms with Gasteiger partial charge in [-0.3, -0.25) is 4.79 Å². The maximum Gasteiger partial charge on any atom is 0.241 e. The van der Waals surface area contributed by atoms with Crippen molar-refractivity contribution in [2.75, 3.05) is 50.1 Å². The van der Waals surface area contributed by atoms with Crippen LogP contribution in [0.2, 0.25) is 0 Å². The molecule has 1 aromatic rings. The third-order valence-electron chi connectivity index (χ3n) is 6.89. The first kappa shape index (κ1) is 18.5. The number of carbonyl (C=O) groups is 1. The van der Waals surface area contributed by atoms with E-state index in [1.807, 2.05) is 13.1 Å². The van der Waals surface area contributed by atoms with Crippen molar-refractivity contribution in [3.63, 3.8) is 0 Å². The van der Waals surface area contributed by atoms with E-state index in [4.69, 9.17) is 4.74 Å². The monoisotopic (exact) mass is 373 g/mol. The average molecular weight is 374 g/mol. The second-order valence-electron chi connectivity index (χ2n) is 8.22. The molecule has 0 radical (unpaired) electrons. The number of hydrogen-bond donors (Lipinski definition) is 0. The summed E-state index contributed by atoms with van der Waals surface area (Å²) in [4.78, 5) is 27.2. The fourth-order valence-corrected chi connectivity index (χ4v) is 5.21. The molecular formula is C20H31N5O2. The molecule has 7 heteroatoms. The average Bonchev–Trinajstić information content (AvgIpc) is 3.20. The van der Waals surface area contributed by atoms with Gasteiger partial charge in [-0.1, -0.05) is 12.8 Å². The van der Waals surface area contributed by atoms with E-state index in [1.165, 1.54) is 25.7 Å². The summed E-state index contributed by atoms with van der Waals surface area (Å²) in [5, 5.41) is 0. The number of likely N-dealkylation sites (N-methyl/N-ethyl adjacent to an activating group) is 1. The van der Waals surface area contributed by atoms with Crippen molar-refractivity contribution in [3.05, 3.63) is 12.4 Å². The van der Waals surface area contributed by atoms with Gasteiger partial charge in [-0.15, -0.1) is 0 Å². The van der Waals surface area contributed by atoms with Crippen molar-refractivity contribution < 1.29 is 9.53 Å². The van der Waals surface area contributed by atoms with Crippen molar-refractivity contribution in [1.82, 2.24) is 14.9 Å². The smallest absolute Gasteiger partial charge is 0.241 e. The van der Waals surface area contributed by atoms with E-state index < -0.39 is 0 Å². The van der Waals surface area contributed by atoms with Crippen molar-refractivity contribution in [3.8, 4) is 0 Å². The molecular weight excluding hydrogens is 342 g/mol. The zero-order valence-corrected chi connectivity index (χ0v) is 16.7. The number of ether oxygens (including phenoxy) is 1. The van der Waals surface area contributed by atoms with Crippen LogP contribution in [0.1, 0.15) is 39.0 Å². The van der Waals surface area contributed by atoms with E-state index in [9.17, 15) is 4.79 Å². The van der Waals surface area contributed by atoms with Crippen LogP contribution in [0, 0.1) is 5.41 Å². The number of hydrogen-bond acceptors (Lipinski definition) is 6. The van der Waals surface area contributed by atoms with Crippen LogP contribution >= 0.6 is 0 Å². The summed E-state index contributed by atoms with van der Waals surface area (Å²) in [5.74, 6) is 1.92. The molecule has 0 aromatic carbocycles. The minimum Gasteiger partial charge on any atom is -0.378 e. The van der Waals surface area contributed by atoms with Crippen molar-refractivity contribution in [2.45, 2.75) is 51.2 Å². The lowest BCUT2D eigenvalue weighted by Gasteiger charge is -2.57. The van der Waals surface area contributed by atoms with Gasteiger partial charge in [0.25, 0.3) is 0 Å². The summed E-state index contributed by atoms with van der Waals surface area (Å²) in [6.45, 7) is 4.81. The molecule has 1 aliphatic heterocycles. The highest BCUT2D eigenvalue weighted by Gasteiger charge is 2.58. The summed E-state index contributed by atoms with van der Waals surface area (Å²) in [6.07, 6.45) is 8.17. The molecule has 0 bridgehead atoms. The molecule has 2 unspecified atom stereocenters. The van der Waals surface area contributed by atoms with E-state index in [0.29, 0.717) is 18.7 Å². The Morgan fingerprint density at radius 3 is 2.78 bits per heavy atom. The summed E-state index contributed by atoms with van der Waals surface area (Å²) < 4.78 is 6.06. The Morgan fingerprint density at radius 1 is 1.30 bits per heavy atom. The molecule has 3 aliphatic rings. The SMILES string of the molecule is CCOC1CC(N(C)c2cc(N3CCN(C)C(=O)C3)ncn2)C12CCCC2. The van der Waals surface area contributed by atoms with Crippen LogP contribution in [0.4, 0.5) is 11.6 Å². The molecule has 7 nitrogen and oxygen atoms in total. The molecule has 2 aliphatic carbocycles. The molecule has 1 aromatic heterocycles. The Balaban J connectivity index is 1.51. The molecule has 2 heterocycles. The molecule has 0 N–H and O–H groups in total. The van der Waals surface area contributed by atoms with Gasteiger partial charge in [0.2, 0.25) is 5.91 Å². The molecule has 27 heavy (non-hydrogen) atoms. The Bertz CT molecular complexity index is 691. The number of aromatic nitrogens is 2. The highest BCUT2D eigenvalue weighted by Crippen LogP contribution is 2.56. The molecule has 1 spiro atoms. The standard InChI is InChI=1S/C20H31N5O2/c1-4-27-16-11-15(20(16)7-5-6-8-20)24(3)17-12-18(22-14-21-17)25-10-9-23(2)19(26)13-25/h12,14-16H,4-11,13H2,1-3H3. The van der Waals surface area contributed by atoms with Crippen molar-refractivity contribution >= 4 is 17.5 Å². The van der Waals surface area contributed by atoms with Crippen LogP contribution in [0.25, 0.3) is 0 Å². The lowest BCUT2D eigenvalue weighted by molar-refractivity contribution is -0.129. The van der Waals surface area contributed by atoms with Gasteiger partial charge in [0, 0.05) is 51.3 Å². The van der Waals surface area contributed by atoms with Gasteiger partial charge in [0.05, 0.1) is 12.6 Å². The third-order valence-corrected chi connectivity index (χ3v) is 6.89. The number of anilines is 2. The Morgan fingerprint density at radius 2 is 2.07 bits per heavy atom. The first-order chi connectivity index (χ1) is 13.0. The van der Waals surface area contributed by atoms with Gasteiger partial charge in [0.1, 0.15) is 18.0 Å².